The fourth-order valence-corrected chi connectivity index (χ4v) is 3.87. The van der Waals surface area contributed by atoms with Gasteiger partial charge in [0, 0.05) is 24.0 Å². The highest BCUT2D eigenvalue weighted by atomic mass is 16.5. The van der Waals surface area contributed by atoms with Gasteiger partial charge in [0.25, 0.3) is 0 Å². The van der Waals surface area contributed by atoms with E-state index in [1.807, 2.05) is 24.3 Å². The molecule has 1 aromatic heterocycles. The maximum atomic E-state index is 12.8. The van der Waals surface area contributed by atoms with Gasteiger partial charge in [-0.3, -0.25) is 4.79 Å². The van der Waals surface area contributed by atoms with Gasteiger partial charge in [0.05, 0.1) is 19.6 Å². The molecule has 0 fully saturated rings. The van der Waals surface area contributed by atoms with Crippen LogP contribution in [-0.2, 0) is 19.1 Å². The summed E-state index contributed by atoms with van der Waals surface area (Å²) in [6.07, 6.45) is 1.66. The van der Waals surface area contributed by atoms with Crippen molar-refractivity contribution in [2.45, 2.75) is 32.1 Å². The molecule has 2 aromatic rings. The zero-order valence-corrected chi connectivity index (χ0v) is 16.9. The molecular formula is C23H23NO6. The van der Waals surface area contributed by atoms with Crippen molar-refractivity contribution in [1.82, 2.24) is 0 Å². The number of nitrogens with two attached hydrogens (primary N) is 1. The van der Waals surface area contributed by atoms with Crippen LogP contribution < -0.4 is 10.5 Å². The van der Waals surface area contributed by atoms with Gasteiger partial charge in [0.2, 0.25) is 5.88 Å². The van der Waals surface area contributed by atoms with Crippen LogP contribution in [0.1, 0.15) is 37.9 Å². The van der Waals surface area contributed by atoms with Gasteiger partial charge in [-0.05, 0) is 49.7 Å². The van der Waals surface area contributed by atoms with Gasteiger partial charge in [0.15, 0.2) is 5.78 Å². The SMILES string of the molecule is CCOC(=O)C1=C(N)OC2=C(C(=O)CCC2)C1c1ccc(-c2ccc(OC)cc2)o1. The molecule has 0 amide bonds. The summed E-state index contributed by atoms with van der Waals surface area (Å²) in [5, 5.41) is 0. The van der Waals surface area contributed by atoms with E-state index in [-0.39, 0.29) is 23.8 Å². The van der Waals surface area contributed by atoms with E-state index in [0.29, 0.717) is 42.1 Å². The van der Waals surface area contributed by atoms with Crippen molar-refractivity contribution in [3.8, 4) is 17.1 Å². The molecule has 156 valence electrons. The van der Waals surface area contributed by atoms with Crippen molar-refractivity contribution >= 4 is 11.8 Å². The molecule has 7 heteroatoms. The molecule has 0 bridgehead atoms. The van der Waals surface area contributed by atoms with Crippen LogP contribution in [0.25, 0.3) is 11.3 Å². The van der Waals surface area contributed by atoms with E-state index in [9.17, 15) is 9.59 Å². The van der Waals surface area contributed by atoms with Crippen molar-refractivity contribution in [2.75, 3.05) is 13.7 Å². The molecule has 2 aliphatic rings. The highest BCUT2D eigenvalue weighted by Crippen LogP contribution is 2.45. The number of ketones is 1. The van der Waals surface area contributed by atoms with E-state index in [0.717, 1.165) is 11.3 Å². The van der Waals surface area contributed by atoms with E-state index in [4.69, 9.17) is 24.4 Å². The minimum absolute atomic E-state index is 0.0469. The molecule has 0 spiro atoms. The minimum Gasteiger partial charge on any atom is -0.497 e. The van der Waals surface area contributed by atoms with Crippen molar-refractivity contribution < 1.29 is 28.2 Å². The number of carbonyl (C=O) groups excluding carboxylic acids is 2. The van der Waals surface area contributed by atoms with Crippen molar-refractivity contribution in [2.24, 2.45) is 5.73 Å². The highest BCUT2D eigenvalue weighted by Gasteiger charge is 2.42. The second kappa shape index (κ2) is 8.10. The lowest BCUT2D eigenvalue weighted by atomic mass is 9.79. The molecule has 30 heavy (non-hydrogen) atoms. The van der Waals surface area contributed by atoms with E-state index < -0.39 is 11.9 Å². The first-order valence-corrected chi connectivity index (χ1v) is 9.88. The van der Waals surface area contributed by atoms with Crippen LogP contribution in [-0.4, -0.2) is 25.5 Å². The van der Waals surface area contributed by atoms with Crippen LogP contribution in [0.4, 0.5) is 0 Å². The molecule has 2 heterocycles. The van der Waals surface area contributed by atoms with Crippen LogP contribution in [0.3, 0.4) is 0 Å². The molecular weight excluding hydrogens is 386 g/mol. The predicted octanol–water partition coefficient (Wildman–Crippen LogP) is 3.81. The Kier molecular flexibility index (Phi) is 5.35. The fraction of sp³-hybridized carbons (Fsp3) is 0.304. The van der Waals surface area contributed by atoms with Crippen molar-refractivity contribution in [3.05, 3.63) is 64.9 Å². The third-order valence-corrected chi connectivity index (χ3v) is 5.27. The number of benzene rings is 1. The maximum absolute atomic E-state index is 12.8. The topological polar surface area (TPSA) is 101 Å². The van der Waals surface area contributed by atoms with E-state index in [1.165, 1.54) is 0 Å². The van der Waals surface area contributed by atoms with Crippen LogP contribution in [0.15, 0.2) is 63.6 Å². The minimum atomic E-state index is -0.757. The predicted molar refractivity (Wildman–Crippen MR) is 108 cm³/mol. The van der Waals surface area contributed by atoms with Crippen LogP contribution in [0.5, 0.6) is 5.75 Å². The Labute approximate surface area is 174 Å². The number of hydrogen-bond donors (Lipinski definition) is 1. The van der Waals surface area contributed by atoms with Crippen molar-refractivity contribution in [1.29, 1.82) is 0 Å². The lowest BCUT2D eigenvalue weighted by molar-refractivity contribution is -0.139. The largest absolute Gasteiger partial charge is 0.497 e. The summed E-state index contributed by atoms with van der Waals surface area (Å²) in [6, 6.07) is 11.0. The Morgan fingerprint density at radius 1 is 1.17 bits per heavy atom. The summed E-state index contributed by atoms with van der Waals surface area (Å²) in [5.41, 5.74) is 7.46. The van der Waals surface area contributed by atoms with Gasteiger partial charge < -0.3 is 24.4 Å². The number of ether oxygens (including phenoxy) is 3. The average molecular weight is 409 g/mol. The van der Waals surface area contributed by atoms with Crippen molar-refractivity contribution in [3.63, 3.8) is 0 Å². The third kappa shape index (κ3) is 3.47. The maximum Gasteiger partial charge on any atom is 0.340 e. The second-order valence-corrected chi connectivity index (χ2v) is 7.08. The van der Waals surface area contributed by atoms with Gasteiger partial charge in [-0.2, -0.15) is 0 Å². The summed E-state index contributed by atoms with van der Waals surface area (Å²) in [5.74, 6) is 0.790. The standard InChI is InChI=1S/C23H23NO6/c1-3-28-23(26)21-20(19-15(25)5-4-6-17(19)30-22(21)24)18-12-11-16(29-18)13-7-9-14(27-2)10-8-13/h7-12,20H,3-6,24H2,1-2H3. The van der Waals surface area contributed by atoms with E-state index in [1.54, 1.807) is 26.2 Å². The molecule has 0 radical (unpaired) electrons. The molecule has 1 aromatic carbocycles. The smallest absolute Gasteiger partial charge is 0.340 e. The average Bonchev–Trinajstić information content (AvgIpc) is 3.23. The summed E-state index contributed by atoms with van der Waals surface area (Å²) >= 11 is 0. The lowest BCUT2D eigenvalue weighted by Gasteiger charge is -2.31. The van der Waals surface area contributed by atoms with Crippen LogP contribution >= 0.6 is 0 Å². The number of rotatable bonds is 5. The first-order chi connectivity index (χ1) is 14.5. The number of allylic oxidation sites excluding steroid dienone is 2. The molecule has 4 rings (SSSR count). The Balaban J connectivity index is 1.78. The van der Waals surface area contributed by atoms with Gasteiger partial charge in [-0.1, -0.05) is 0 Å². The van der Waals surface area contributed by atoms with Gasteiger partial charge in [0.1, 0.15) is 28.6 Å². The number of carbonyl (C=O) groups is 2. The summed E-state index contributed by atoms with van der Waals surface area (Å²) in [7, 11) is 1.60. The number of hydrogen-bond acceptors (Lipinski definition) is 7. The summed E-state index contributed by atoms with van der Waals surface area (Å²) in [4.78, 5) is 25.5. The summed E-state index contributed by atoms with van der Waals surface area (Å²) in [6.45, 7) is 1.88. The first kappa shape index (κ1) is 19.8. The van der Waals surface area contributed by atoms with Crippen LogP contribution in [0.2, 0.25) is 0 Å². The molecule has 1 atom stereocenters. The Bertz CT molecular complexity index is 1040. The zero-order valence-electron chi connectivity index (χ0n) is 16.9. The normalized spacial score (nSPS) is 18.7. The second-order valence-electron chi connectivity index (χ2n) is 7.08. The third-order valence-electron chi connectivity index (χ3n) is 5.27. The highest BCUT2D eigenvalue weighted by molar-refractivity contribution is 6.03. The molecule has 1 aliphatic carbocycles. The molecule has 2 N–H and O–H groups in total. The summed E-state index contributed by atoms with van der Waals surface area (Å²) < 4.78 is 22.2. The number of methoxy groups -OCH3 is 1. The number of Topliss-reactive ketones (excluding diaryl/α,β-unsaturated/α-hetero) is 1. The van der Waals surface area contributed by atoms with Gasteiger partial charge in [-0.15, -0.1) is 0 Å². The van der Waals surface area contributed by atoms with Crippen LogP contribution in [0, 0.1) is 0 Å². The Morgan fingerprint density at radius 3 is 2.63 bits per heavy atom. The quantitative estimate of drug-likeness (QED) is 0.749. The first-order valence-electron chi connectivity index (χ1n) is 9.88. The van der Waals surface area contributed by atoms with Gasteiger partial charge >= 0.3 is 5.97 Å². The molecule has 0 saturated carbocycles. The molecule has 1 unspecified atom stereocenters. The molecule has 1 aliphatic heterocycles. The monoisotopic (exact) mass is 409 g/mol. The Hall–Kier alpha value is -3.48. The Morgan fingerprint density at radius 2 is 1.93 bits per heavy atom. The number of esters is 1. The molecule has 7 nitrogen and oxygen atoms in total. The van der Waals surface area contributed by atoms with Gasteiger partial charge in [-0.25, -0.2) is 4.79 Å². The number of furan rings is 1. The van der Waals surface area contributed by atoms with E-state index >= 15 is 0 Å². The van der Waals surface area contributed by atoms with E-state index in [2.05, 4.69) is 0 Å². The fourth-order valence-electron chi connectivity index (χ4n) is 3.87. The zero-order chi connectivity index (χ0) is 21.3. The molecule has 0 saturated heterocycles. The lowest BCUT2D eigenvalue weighted by Crippen LogP contribution is -2.31.